The van der Waals surface area contributed by atoms with Crippen LogP contribution in [0.4, 0.5) is 5.69 Å². The van der Waals surface area contributed by atoms with Crippen LogP contribution in [0, 0.1) is 24.0 Å². The quantitative estimate of drug-likeness (QED) is 0.475. The van der Waals surface area contributed by atoms with Gasteiger partial charge in [-0.3, -0.25) is 14.9 Å². The molecule has 0 aliphatic heterocycles. The van der Waals surface area contributed by atoms with Gasteiger partial charge in [0.05, 0.1) is 4.92 Å². The molecule has 0 spiro atoms. The first-order valence-electron chi connectivity index (χ1n) is 6.10. The molecule has 0 aromatic heterocycles. The maximum Gasteiger partial charge on any atom is 0.312 e. The molecule has 108 valence electrons. The van der Waals surface area contributed by atoms with E-state index < -0.39 is 4.92 Å². The van der Waals surface area contributed by atoms with E-state index in [4.69, 9.17) is 16.3 Å². The number of rotatable bonds is 4. The lowest BCUT2D eigenvalue weighted by atomic mass is 10.1. The van der Waals surface area contributed by atoms with Crippen LogP contribution in [-0.4, -0.2) is 11.2 Å². The van der Waals surface area contributed by atoms with Crippen molar-refractivity contribution in [3.05, 3.63) is 62.2 Å². The Morgan fingerprint density at radius 2 is 1.81 bits per heavy atom. The standard InChI is InChI=1S/C15H12ClNO4/c1-9-5-12(6-10(2)15(9)16)21-14-4-3-11(8-18)7-13(14)17(19)20/h3-8H,1-2H3. The predicted octanol–water partition coefficient (Wildman–Crippen LogP) is 4.47. The highest BCUT2D eigenvalue weighted by atomic mass is 35.5. The normalized spacial score (nSPS) is 10.2. The van der Waals surface area contributed by atoms with E-state index in [-0.39, 0.29) is 17.0 Å². The molecule has 6 heteroatoms. The van der Waals surface area contributed by atoms with Gasteiger partial charge in [0.1, 0.15) is 12.0 Å². The monoisotopic (exact) mass is 305 g/mol. The Morgan fingerprint density at radius 3 is 2.33 bits per heavy atom. The summed E-state index contributed by atoms with van der Waals surface area (Å²) in [5, 5.41) is 11.7. The zero-order chi connectivity index (χ0) is 15.6. The molecule has 0 N–H and O–H groups in total. The average Bonchev–Trinajstić information content (AvgIpc) is 2.44. The number of carbonyl (C=O) groups is 1. The van der Waals surface area contributed by atoms with Crippen molar-refractivity contribution < 1.29 is 14.5 Å². The van der Waals surface area contributed by atoms with E-state index in [0.717, 1.165) is 11.1 Å². The van der Waals surface area contributed by atoms with E-state index in [1.165, 1.54) is 18.2 Å². The molecule has 21 heavy (non-hydrogen) atoms. The molecule has 2 rings (SSSR count). The summed E-state index contributed by atoms with van der Waals surface area (Å²) in [5.74, 6) is 0.531. The summed E-state index contributed by atoms with van der Waals surface area (Å²) < 4.78 is 5.57. The Hall–Kier alpha value is -2.40. The summed E-state index contributed by atoms with van der Waals surface area (Å²) in [4.78, 5) is 21.2. The van der Waals surface area contributed by atoms with Gasteiger partial charge in [0.2, 0.25) is 5.75 Å². The lowest BCUT2D eigenvalue weighted by Gasteiger charge is -2.10. The molecule has 0 bridgehead atoms. The second-order valence-corrected chi connectivity index (χ2v) is 4.95. The van der Waals surface area contributed by atoms with Gasteiger partial charge in [0, 0.05) is 16.7 Å². The Labute approximate surface area is 126 Å². The van der Waals surface area contributed by atoms with Gasteiger partial charge in [0.25, 0.3) is 0 Å². The van der Waals surface area contributed by atoms with Gasteiger partial charge >= 0.3 is 5.69 Å². The fraction of sp³-hybridized carbons (Fsp3) is 0.133. The second kappa shape index (κ2) is 5.93. The molecule has 0 aliphatic rings. The summed E-state index contributed by atoms with van der Waals surface area (Å²) >= 11 is 6.07. The summed E-state index contributed by atoms with van der Waals surface area (Å²) in [7, 11) is 0. The molecule has 2 aromatic rings. The Bertz CT molecular complexity index is 705. The molecule has 0 fully saturated rings. The average molecular weight is 306 g/mol. The molecule has 0 saturated heterocycles. The minimum atomic E-state index is -0.585. The SMILES string of the molecule is Cc1cc(Oc2ccc(C=O)cc2[N+](=O)[O-])cc(C)c1Cl. The predicted molar refractivity (Wildman–Crippen MR) is 79.5 cm³/mol. The summed E-state index contributed by atoms with van der Waals surface area (Å²) in [5.41, 5.74) is 1.60. The molecule has 0 atom stereocenters. The molecule has 0 amide bonds. The number of aryl methyl sites for hydroxylation is 2. The largest absolute Gasteiger partial charge is 0.450 e. The van der Waals surface area contributed by atoms with Gasteiger partial charge in [0.15, 0.2) is 0 Å². The molecular weight excluding hydrogens is 294 g/mol. The van der Waals surface area contributed by atoms with Gasteiger partial charge in [-0.2, -0.15) is 0 Å². The zero-order valence-electron chi connectivity index (χ0n) is 11.4. The maximum absolute atomic E-state index is 11.1. The second-order valence-electron chi connectivity index (χ2n) is 4.58. The summed E-state index contributed by atoms with van der Waals surface area (Å²) in [6.45, 7) is 3.65. The van der Waals surface area contributed by atoms with Crippen LogP contribution in [0.5, 0.6) is 11.5 Å². The molecule has 2 aromatic carbocycles. The molecule has 0 aliphatic carbocycles. The van der Waals surface area contributed by atoms with E-state index in [0.29, 0.717) is 17.1 Å². The Morgan fingerprint density at radius 1 is 1.19 bits per heavy atom. The minimum absolute atomic E-state index is 0.0757. The molecular formula is C15H12ClNO4. The third kappa shape index (κ3) is 3.20. The van der Waals surface area contributed by atoms with Crippen LogP contribution in [0.25, 0.3) is 0 Å². The highest BCUT2D eigenvalue weighted by molar-refractivity contribution is 6.32. The van der Waals surface area contributed by atoms with Gasteiger partial charge in [-0.25, -0.2) is 0 Å². The molecule has 0 heterocycles. The fourth-order valence-corrected chi connectivity index (χ4v) is 2.04. The van der Waals surface area contributed by atoms with Crippen molar-refractivity contribution in [2.75, 3.05) is 0 Å². The first-order valence-corrected chi connectivity index (χ1v) is 6.48. The number of hydrogen-bond acceptors (Lipinski definition) is 4. The number of benzene rings is 2. The molecule has 0 saturated carbocycles. The van der Waals surface area contributed by atoms with Crippen molar-refractivity contribution in [1.82, 2.24) is 0 Å². The number of halogens is 1. The van der Waals surface area contributed by atoms with E-state index in [9.17, 15) is 14.9 Å². The zero-order valence-corrected chi connectivity index (χ0v) is 12.2. The van der Waals surface area contributed by atoms with Crippen molar-refractivity contribution in [3.8, 4) is 11.5 Å². The fourth-order valence-electron chi connectivity index (χ4n) is 1.93. The number of nitrogens with zero attached hydrogens (tertiary/aromatic N) is 1. The maximum atomic E-state index is 11.1. The minimum Gasteiger partial charge on any atom is -0.450 e. The van der Waals surface area contributed by atoms with Crippen LogP contribution >= 0.6 is 11.6 Å². The molecule has 5 nitrogen and oxygen atoms in total. The number of ether oxygens (including phenoxy) is 1. The van der Waals surface area contributed by atoms with Crippen molar-refractivity contribution in [3.63, 3.8) is 0 Å². The van der Waals surface area contributed by atoms with E-state index >= 15 is 0 Å². The highest BCUT2D eigenvalue weighted by Gasteiger charge is 2.17. The van der Waals surface area contributed by atoms with E-state index in [1.54, 1.807) is 12.1 Å². The van der Waals surface area contributed by atoms with Crippen LogP contribution in [0.15, 0.2) is 30.3 Å². The van der Waals surface area contributed by atoms with Crippen LogP contribution in [-0.2, 0) is 0 Å². The smallest absolute Gasteiger partial charge is 0.312 e. The van der Waals surface area contributed by atoms with Crippen molar-refractivity contribution in [2.24, 2.45) is 0 Å². The number of nitro benzene ring substituents is 1. The number of carbonyl (C=O) groups excluding carboxylic acids is 1. The third-order valence-electron chi connectivity index (χ3n) is 2.95. The van der Waals surface area contributed by atoms with Crippen LogP contribution in [0.1, 0.15) is 21.5 Å². The van der Waals surface area contributed by atoms with Gasteiger partial charge in [-0.05, 0) is 49.2 Å². The first kappa shape index (κ1) is 15.0. The summed E-state index contributed by atoms with van der Waals surface area (Å²) in [6.07, 6.45) is 0.549. The molecule has 0 unspecified atom stereocenters. The number of nitro groups is 1. The topological polar surface area (TPSA) is 69.4 Å². The van der Waals surface area contributed by atoms with Gasteiger partial charge in [-0.1, -0.05) is 11.6 Å². The lowest BCUT2D eigenvalue weighted by Crippen LogP contribution is -1.96. The summed E-state index contributed by atoms with van der Waals surface area (Å²) in [6, 6.07) is 7.45. The van der Waals surface area contributed by atoms with Crippen molar-refractivity contribution in [1.29, 1.82) is 0 Å². The lowest BCUT2D eigenvalue weighted by molar-refractivity contribution is -0.385. The van der Waals surface area contributed by atoms with Crippen LogP contribution in [0.2, 0.25) is 5.02 Å². The molecule has 0 radical (unpaired) electrons. The van der Waals surface area contributed by atoms with Crippen molar-refractivity contribution in [2.45, 2.75) is 13.8 Å². The van der Waals surface area contributed by atoms with Gasteiger partial charge in [-0.15, -0.1) is 0 Å². The van der Waals surface area contributed by atoms with Crippen molar-refractivity contribution >= 4 is 23.6 Å². The van der Waals surface area contributed by atoms with Crippen LogP contribution < -0.4 is 4.74 Å². The van der Waals surface area contributed by atoms with E-state index in [2.05, 4.69) is 0 Å². The Balaban J connectivity index is 2.44. The van der Waals surface area contributed by atoms with E-state index in [1.807, 2.05) is 13.8 Å². The number of aldehydes is 1. The van der Waals surface area contributed by atoms with Gasteiger partial charge < -0.3 is 4.74 Å². The number of hydrogen-bond donors (Lipinski definition) is 0. The highest BCUT2D eigenvalue weighted by Crippen LogP contribution is 2.34. The first-order chi connectivity index (χ1) is 9.92. The Kier molecular flexibility index (Phi) is 4.23. The third-order valence-corrected chi connectivity index (χ3v) is 3.55. The van der Waals surface area contributed by atoms with Crippen LogP contribution in [0.3, 0.4) is 0 Å².